The van der Waals surface area contributed by atoms with Crippen LogP contribution in [-0.2, 0) is 17.8 Å². The lowest BCUT2D eigenvalue weighted by Crippen LogP contribution is -2.42. The van der Waals surface area contributed by atoms with Crippen LogP contribution in [0.2, 0.25) is 0 Å². The molecule has 5 rings (SSSR count). The van der Waals surface area contributed by atoms with E-state index in [2.05, 4.69) is 4.98 Å². The second-order valence-electron chi connectivity index (χ2n) is 8.04. The quantitative estimate of drug-likeness (QED) is 0.451. The molecule has 4 aromatic rings. The molecule has 2 aromatic heterocycles. The monoisotopic (exact) mass is 450 g/mol. The summed E-state index contributed by atoms with van der Waals surface area (Å²) in [6.07, 6.45) is 3.02. The highest BCUT2D eigenvalue weighted by Gasteiger charge is 2.23. The van der Waals surface area contributed by atoms with Crippen molar-refractivity contribution in [2.24, 2.45) is 0 Å². The Morgan fingerprint density at radius 2 is 1.88 bits per heavy atom. The predicted octanol–water partition coefficient (Wildman–Crippen LogP) is 2.72. The van der Waals surface area contributed by atoms with E-state index in [0.29, 0.717) is 24.4 Å². The van der Waals surface area contributed by atoms with Crippen LogP contribution in [0.15, 0.2) is 64.4 Å². The van der Waals surface area contributed by atoms with E-state index in [1.54, 1.807) is 18.0 Å². The number of methoxy groups -OCH3 is 1. The van der Waals surface area contributed by atoms with Gasteiger partial charge in [-0.2, -0.15) is 0 Å². The molecule has 2 aromatic carbocycles. The summed E-state index contributed by atoms with van der Waals surface area (Å²) in [5.74, 6) is 0.319. The van der Waals surface area contributed by atoms with Crippen LogP contribution in [0.5, 0.6) is 5.75 Å². The highest BCUT2D eigenvalue weighted by Crippen LogP contribution is 2.18. The molecule has 8 nitrogen and oxygen atoms in total. The molecule has 1 saturated heterocycles. The van der Waals surface area contributed by atoms with Gasteiger partial charge in [-0.05, 0) is 54.8 Å². The number of halogens is 1. The fourth-order valence-electron chi connectivity index (χ4n) is 4.20. The second kappa shape index (κ2) is 8.67. The first kappa shape index (κ1) is 21.1. The SMILES string of the molecule is COc1ccc(Cn2cnc3c2c(=O)n(C[C@@H]2CCCO2)c(=O)n3-c2ccc(F)cc2)cc1. The van der Waals surface area contributed by atoms with E-state index in [4.69, 9.17) is 9.47 Å². The van der Waals surface area contributed by atoms with Gasteiger partial charge < -0.3 is 14.0 Å². The van der Waals surface area contributed by atoms with Crippen molar-refractivity contribution in [1.82, 2.24) is 18.7 Å². The lowest BCUT2D eigenvalue weighted by molar-refractivity contribution is 0.0950. The van der Waals surface area contributed by atoms with Crippen molar-refractivity contribution in [3.05, 3.63) is 87.1 Å². The van der Waals surface area contributed by atoms with E-state index >= 15 is 0 Å². The molecule has 0 amide bonds. The smallest absolute Gasteiger partial charge is 0.337 e. The van der Waals surface area contributed by atoms with Crippen LogP contribution in [0.4, 0.5) is 4.39 Å². The number of rotatable bonds is 6. The number of benzene rings is 2. The van der Waals surface area contributed by atoms with Gasteiger partial charge in [-0.1, -0.05) is 12.1 Å². The Hall–Kier alpha value is -3.72. The van der Waals surface area contributed by atoms with Gasteiger partial charge in [0.25, 0.3) is 5.56 Å². The van der Waals surface area contributed by atoms with Gasteiger partial charge in [-0.15, -0.1) is 0 Å². The molecule has 170 valence electrons. The number of nitrogens with zero attached hydrogens (tertiary/aromatic N) is 4. The summed E-state index contributed by atoms with van der Waals surface area (Å²) in [5, 5.41) is 0. The van der Waals surface area contributed by atoms with Crippen molar-refractivity contribution in [2.45, 2.75) is 32.0 Å². The number of aromatic nitrogens is 4. The van der Waals surface area contributed by atoms with Gasteiger partial charge in [0.1, 0.15) is 11.6 Å². The van der Waals surface area contributed by atoms with Crippen molar-refractivity contribution in [3.8, 4) is 11.4 Å². The van der Waals surface area contributed by atoms with Gasteiger partial charge in [-0.3, -0.25) is 9.36 Å². The number of fused-ring (bicyclic) bond motifs is 1. The van der Waals surface area contributed by atoms with Crippen LogP contribution in [0.1, 0.15) is 18.4 Å². The predicted molar refractivity (Wildman–Crippen MR) is 121 cm³/mol. The summed E-state index contributed by atoms with van der Waals surface area (Å²) in [6.45, 7) is 1.16. The Morgan fingerprint density at radius 1 is 1.12 bits per heavy atom. The minimum atomic E-state index is -0.524. The molecule has 0 bridgehead atoms. The maximum absolute atomic E-state index is 13.5. The molecular formula is C24H23FN4O4. The molecule has 1 aliphatic rings. The molecule has 0 saturated carbocycles. The summed E-state index contributed by atoms with van der Waals surface area (Å²) in [7, 11) is 1.60. The van der Waals surface area contributed by atoms with E-state index in [0.717, 1.165) is 24.2 Å². The minimum Gasteiger partial charge on any atom is -0.497 e. The first-order valence-corrected chi connectivity index (χ1v) is 10.8. The zero-order valence-electron chi connectivity index (χ0n) is 18.1. The first-order valence-electron chi connectivity index (χ1n) is 10.8. The molecule has 33 heavy (non-hydrogen) atoms. The number of hydrogen-bond donors (Lipinski definition) is 0. The average Bonchev–Trinajstić information content (AvgIpc) is 3.49. The summed E-state index contributed by atoms with van der Waals surface area (Å²) in [6, 6.07) is 13.1. The second-order valence-corrected chi connectivity index (χ2v) is 8.04. The minimum absolute atomic E-state index is 0.155. The molecule has 1 aliphatic heterocycles. The van der Waals surface area contributed by atoms with Crippen molar-refractivity contribution < 1.29 is 13.9 Å². The Labute approximate surface area is 188 Å². The van der Waals surface area contributed by atoms with Gasteiger partial charge in [0.15, 0.2) is 11.2 Å². The molecule has 0 aliphatic carbocycles. The highest BCUT2D eigenvalue weighted by atomic mass is 19.1. The first-order chi connectivity index (χ1) is 16.0. The Bertz CT molecular complexity index is 1400. The van der Waals surface area contributed by atoms with Crippen LogP contribution < -0.4 is 16.0 Å². The third kappa shape index (κ3) is 3.95. The molecule has 0 radical (unpaired) electrons. The highest BCUT2D eigenvalue weighted by molar-refractivity contribution is 5.72. The van der Waals surface area contributed by atoms with E-state index in [-0.39, 0.29) is 18.3 Å². The Kier molecular flexibility index (Phi) is 5.55. The van der Waals surface area contributed by atoms with Gasteiger partial charge in [0.2, 0.25) is 0 Å². The third-order valence-electron chi connectivity index (χ3n) is 5.91. The van der Waals surface area contributed by atoms with Crippen LogP contribution in [0.25, 0.3) is 16.9 Å². The van der Waals surface area contributed by atoms with Gasteiger partial charge >= 0.3 is 5.69 Å². The summed E-state index contributed by atoms with van der Waals surface area (Å²) < 4.78 is 28.7. The normalized spacial score (nSPS) is 15.9. The topological polar surface area (TPSA) is 80.3 Å². The molecule has 0 N–H and O–H groups in total. The molecule has 9 heteroatoms. The zero-order valence-corrected chi connectivity index (χ0v) is 18.1. The lowest BCUT2D eigenvalue weighted by atomic mass is 10.2. The average molecular weight is 450 g/mol. The molecular weight excluding hydrogens is 427 g/mol. The number of hydrogen-bond acceptors (Lipinski definition) is 5. The van der Waals surface area contributed by atoms with E-state index in [9.17, 15) is 14.0 Å². The summed E-state index contributed by atoms with van der Waals surface area (Å²) in [4.78, 5) is 31.3. The number of ether oxygens (including phenoxy) is 2. The van der Waals surface area contributed by atoms with Crippen LogP contribution in [0.3, 0.4) is 0 Å². The van der Waals surface area contributed by atoms with Gasteiger partial charge in [0, 0.05) is 13.2 Å². The van der Waals surface area contributed by atoms with Gasteiger partial charge in [0.05, 0.1) is 31.8 Å². The maximum Gasteiger partial charge on any atom is 0.337 e. The largest absolute Gasteiger partial charge is 0.497 e. The van der Waals surface area contributed by atoms with E-state index < -0.39 is 17.1 Å². The lowest BCUT2D eigenvalue weighted by Gasteiger charge is -2.15. The maximum atomic E-state index is 13.5. The van der Waals surface area contributed by atoms with Crippen molar-refractivity contribution >= 4 is 11.2 Å². The Balaban J connectivity index is 1.68. The summed E-state index contributed by atoms with van der Waals surface area (Å²) in [5.41, 5.74) is 0.961. The van der Waals surface area contributed by atoms with Crippen LogP contribution >= 0.6 is 0 Å². The fraction of sp³-hybridized carbons (Fsp3) is 0.292. The van der Waals surface area contributed by atoms with E-state index in [1.807, 2.05) is 24.3 Å². The van der Waals surface area contributed by atoms with Crippen molar-refractivity contribution in [3.63, 3.8) is 0 Å². The van der Waals surface area contributed by atoms with E-state index in [1.165, 1.54) is 33.4 Å². The number of imidazole rings is 1. The molecule has 0 spiro atoms. The molecule has 0 unspecified atom stereocenters. The molecule has 1 atom stereocenters. The zero-order chi connectivity index (χ0) is 22.9. The third-order valence-corrected chi connectivity index (χ3v) is 5.91. The standard InChI is InChI=1S/C24H23FN4O4/c1-32-19-10-4-16(5-11-19)13-27-15-26-22-21(27)23(30)28(14-20-3-2-12-33-20)24(31)29(22)18-8-6-17(25)7-9-18/h4-11,15,20H,2-3,12-14H2,1H3/t20-/m0/s1. The van der Waals surface area contributed by atoms with Gasteiger partial charge in [-0.25, -0.2) is 18.7 Å². The van der Waals surface area contributed by atoms with Crippen molar-refractivity contribution in [2.75, 3.05) is 13.7 Å². The summed E-state index contributed by atoms with van der Waals surface area (Å²) >= 11 is 0. The fourth-order valence-corrected chi connectivity index (χ4v) is 4.20. The molecule has 3 heterocycles. The molecule has 1 fully saturated rings. The Morgan fingerprint density at radius 3 is 2.55 bits per heavy atom. The van der Waals surface area contributed by atoms with Crippen LogP contribution in [0, 0.1) is 5.82 Å². The van der Waals surface area contributed by atoms with Crippen LogP contribution in [-0.4, -0.2) is 38.5 Å². The van der Waals surface area contributed by atoms with Crippen molar-refractivity contribution in [1.29, 1.82) is 0 Å².